The summed E-state index contributed by atoms with van der Waals surface area (Å²) in [5.74, 6) is 1.03. The smallest absolute Gasteiger partial charge is 0.333 e. The molecule has 3 aromatic rings. The Morgan fingerprint density at radius 2 is 1.57 bits per heavy atom. The van der Waals surface area contributed by atoms with Crippen molar-refractivity contribution in [3.63, 3.8) is 0 Å². The highest BCUT2D eigenvalue weighted by molar-refractivity contribution is 5.86. The second-order valence-corrected chi connectivity index (χ2v) is 9.96. The summed E-state index contributed by atoms with van der Waals surface area (Å²) in [6, 6.07) is 23.7. The third kappa shape index (κ3) is 7.33. The fourth-order valence-corrected chi connectivity index (χ4v) is 4.99. The maximum Gasteiger partial charge on any atom is 0.333 e. The zero-order chi connectivity index (χ0) is 26.0. The Kier molecular flexibility index (Phi) is 9.56. The summed E-state index contributed by atoms with van der Waals surface area (Å²) >= 11 is 0. The minimum absolute atomic E-state index is 0.162. The Labute approximate surface area is 221 Å². The summed E-state index contributed by atoms with van der Waals surface area (Å²) in [6.07, 6.45) is 8.20. The Morgan fingerprint density at radius 1 is 0.892 bits per heavy atom. The number of aliphatic hydroxyl groups is 1. The number of ether oxygens (including phenoxy) is 2. The molecule has 0 bridgehead atoms. The predicted molar refractivity (Wildman–Crippen MR) is 150 cm³/mol. The molecule has 0 aliphatic heterocycles. The van der Waals surface area contributed by atoms with Crippen molar-refractivity contribution in [1.82, 2.24) is 0 Å². The maximum atomic E-state index is 11.7. The molecule has 0 radical (unpaired) electrons. The van der Waals surface area contributed by atoms with Gasteiger partial charge in [-0.2, -0.15) is 0 Å². The van der Waals surface area contributed by atoms with Crippen molar-refractivity contribution in [2.24, 2.45) is 0 Å². The zero-order valence-electron chi connectivity index (χ0n) is 21.9. The first-order chi connectivity index (χ1) is 18.0. The van der Waals surface area contributed by atoms with E-state index in [1.807, 2.05) is 0 Å². The second kappa shape index (κ2) is 13.3. The van der Waals surface area contributed by atoms with Crippen LogP contribution in [-0.4, -0.2) is 30.9 Å². The normalized spacial score (nSPS) is 13.8. The summed E-state index contributed by atoms with van der Waals surface area (Å²) < 4.78 is 11.4. The summed E-state index contributed by atoms with van der Waals surface area (Å²) in [4.78, 5) is 11.7. The van der Waals surface area contributed by atoms with Crippen molar-refractivity contribution in [2.45, 2.75) is 57.8 Å². The number of aryl methyl sites for hydroxylation is 1. The SMILES string of the molecule is C=C(C)C(=O)OCCOc1cc(-c2ccc(CCCO)cc2)ccc1-c1ccc(C2CCCCC2)cc1. The van der Waals surface area contributed by atoms with Crippen LogP contribution in [0, 0.1) is 0 Å². The molecule has 1 aliphatic carbocycles. The summed E-state index contributed by atoms with van der Waals surface area (Å²) in [6.45, 7) is 5.89. The molecule has 3 aromatic carbocycles. The van der Waals surface area contributed by atoms with Crippen molar-refractivity contribution in [3.05, 3.63) is 90.0 Å². The molecule has 1 aliphatic rings. The van der Waals surface area contributed by atoms with E-state index in [2.05, 4.69) is 73.3 Å². The van der Waals surface area contributed by atoms with Gasteiger partial charge in [-0.15, -0.1) is 0 Å². The summed E-state index contributed by atoms with van der Waals surface area (Å²) in [5, 5.41) is 9.09. The molecular weight excluding hydrogens is 460 g/mol. The quantitative estimate of drug-likeness (QED) is 0.169. The molecule has 0 saturated heterocycles. The van der Waals surface area contributed by atoms with E-state index in [1.54, 1.807) is 6.92 Å². The lowest BCUT2D eigenvalue weighted by molar-refractivity contribution is -0.139. The minimum atomic E-state index is -0.405. The van der Waals surface area contributed by atoms with Crippen molar-refractivity contribution < 1.29 is 19.4 Å². The molecule has 4 rings (SSSR count). The van der Waals surface area contributed by atoms with Gasteiger partial charge >= 0.3 is 5.97 Å². The molecule has 37 heavy (non-hydrogen) atoms. The van der Waals surface area contributed by atoms with Gasteiger partial charge in [-0.25, -0.2) is 4.79 Å². The minimum Gasteiger partial charge on any atom is -0.489 e. The van der Waals surface area contributed by atoms with E-state index in [9.17, 15) is 4.79 Å². The van der Waals surface area contributed by atoms with Gasteiger partial charge < -0.3 is 14.6 Å². The maximum absolute atomic E-state index is 11.7. The Hall–Kier alpha value is -3.37. The lowest BCUT2D eigenvalue weighted by atomic mass is 9.83. The largest absolute Gasteiger partial charge is 0.489 e. The number of benzene rings is 3. The molecule has 0 unspecified atom stereocenters. The molecule has 1 fully saturated rings. The van der Waals surface area contributed by atoms with Crippen molar-refractivity contribution in [1.29, 1.82) is 0 Å². The number of aliphatic hydroxyl groups excluding tert-OH is 1. The second-order valence-electron chi connectivity index (χ2n) is 9.96. The molecule has 0 spiro atoms. The van der Waals surface area contributed by atoms with Crippen molar-refractivity contribution in [3.8, 4) is 28.0 Å². The molecular formula is C33H38O4. The van der Waals surface area contributed by atoms with E-state index < -0.39 is 5.97 Å². The summed E-state index contributed by atoms with van der Waals surface area (Å²) in [7, 11) is 0. The van der Waals surface area contributed by atoms with E-state index in [1.165, 1.54) is 43.2 Å². The molecule has 0 atom stereocenters. The van der Waals surface area contributed by atoms with Crippen LogP contribution >= 0.6 is 0 Å². The third-order valence-corrected chi connectivity index (χ3v) is 7.11. The van der Waals surface area contributed by atoms with E-state index in [0.29, 0.717) is 11.5 Å². The van der Waals surface area contributed by atoms with Crippen LogP contribution in [0.3, 0.4) is 0 Å². The highest BCUT2D eigenvalue weighted by Crippen LogP contribution is 2.37. The predicted octanol–water partition coefficient (Wildman–Crippen LogP) is 7.49. The Balaban J connectivity index is 1.56. The molecule has 0 amide bonds. The molecule has 4 nitrogen and oxygen atoms in total. The van der Waals surface area contributed by atoms with Gasteiger partial charge in [-0.1, -0.05) is 86.5 Å². The van der Waals surface area contributed by atoms with Crippen LogP contribution in [0.1, 0.15) is 62.5 Å². The average Bonchev–Trinajstić information content (AvgIpc) is 2.95. The first-order valence-electron chi connectivity index (χ1n) is 13.4. The number of esters is 1. The van der Waals surface area contributed by atoms with Crippen LogP contribution in [0.25, 0.3) is 22.3 Å². The van der Waals surface area contributed by atoms with Gasteiger partial charge in [-0.3, -0.25) is 0 Å². The van der Waals surface area contributed by atoms with Gasteiger partial charge in [-0.05, 0) is 72.4 Å². The van der Waals surface area contributed by atoms with Crippen molar-refractivity contribution >= 4 is 5.97 Å². The lowest BCUT2D eigenvalue weighted by Crippen LogP contribution is -2.12. The van der Waals surface area contributed by atoms with Crippen LogP contribution in [-0.2, 0) is 16.0 Å². The number of rotatable bonds is 11. The average molecular weight is 499 g/mol. The van der Waals surface area contributed by atoms with Crippen LogP contribution in [0.15, 0.2) is 78.9 Å². The summed E-state index contributed by atoms with van der Waals surface area (Å²) in [5.41, 5.74) is 7.31. The van der Waals surface area contributed by atoms with Gasteiger partial charge in [0, 0.05) is 17.7 Å². The third-order valence-electron chi connectivity index (χ3n) is 7.11. The molecule has 1 N–H and O–H groups in total. The fourth-order valence-electron chi connectivity index (χ4n) is 4.99. The van der Waals surface area contributed by atoms with Gasteiger partial charge in [0.05, 0.1) is 0 Å². The van der Waals surface area contributed by atoms with Crippen molar-refractivity contribution in [2.75, 3.05) is 19.8 Å². The highest BCUT2D eigenvalue weighted by Gasteiger charge is 2.16. The standard InChI is InChI=1S/C33H38O4/c1-24(2)33(35)37-22-21-36-32-23-30(28-12-10-25(11-13-28)7-6-20-34)18-19-31(32)29-16-14-27(15-17-29)26-8-4-3-5-9-26/h10-19,23,26,34H,1,3-9,20-22H2,2H3. The van der Waals surface area contributed by atoms with Gasteiger partial charge in [0.25, 0.3) is 0 Å². The number of carbonyl (C=O) groups is 1. The number of hydrogen-bond acceptors (Lipinski definition) is 4. The van der Waals surface area contributed by atoms with Crippen LogP contribution in [0.5, 0.6) is 5.75 Å². The lowest BCUT2D eigenvalue weighted by Gasteiger charge is -2.22. The van der Waals surface area contributed by atoms with Gasteiger partial charge in [0.2, 0.25) is 0 Å². The highest BCUT2D eigenvalue weighted by atomic mass is 16.6. The Bertz CT molecular complexity index is 1170. The molecule has 0 aromatic heterocycles. The van der Waals surface area contributed by atoms with Crippen LogP contribution in [0.4, 0.5) is 0 Å². The topological polar surface area (TPSA) is 55.8 Å². The van der Waals surface area contributed by atoms with Crippen LogP contribution < -0.4 is 4.74 Å². The van der Waals surface area contributed by atoms with E-state index in [0.717, 1.165) is 40.8 Å². The zero-order valence-corrected chi connectivity index (χ0v) is 21.9. The molecule has 0 heterocycles. The first kappa shape index (κ1) is 26.7. The van der Waals surface area contributed by atoms with E-state index in [4.69, 9.17) is 14.6 Å². The molecule has 4 heteroatoms. The number of hydrogen-bond donors (Lipinski definition) is 1. The van der Waals surface area contributed by atoms with E-state index >= 15 is 0 Å². The van der Waals surface area contributed by atoms with E-state index in [-0.39, 0.29) is 19.8 Å². The Morgan fingerprint density at radius 3 is 2.24 bits per heavy atom. The number of carbonyl (C=O) groups excluding carboxylic acids is 1. The van der Waals surface area contributed by atoms with Crippen LogP contribution in [0.2, 0.25) is 0 Å². The fraction of sp³-hybridized carbons (Fsp3) is 0.364. The molecule has 1 saturated carbocycles. The molecule has 194 valence electrons. The van der Waals surface area contributed by atoms with Gasteiger partial charge in [0.1, 0.15) is 19.0 Å². The first-order valence-corrected chi connectivity index (χ1v) is 13.4. The van der Waals surface area contributed by atoms with Gasteiger partial charge in [0.15, 0.2) is 0 Å². The monoisotopic (exact) mass is 498 g/mol.